The number of hydrogen-bond donors (Lipinski definition) is 0. The number of fused-ring (bicyclic) bond motifs is 3. The first kappa shape index (κ1) is 25.1. The van der Waals surface area contributed by atoms with Gasteiger partial charge in [-0.25, -0.2) is 12.4 Å². The first-order chi connectivity index (χ1) is 18.2. The minimum absolute atomic E-state index is 0.112. The number of hydrogen-bond acceptors (Lipinski definition) is 7. The van der Waals surface area contributed by atoms with E-state index in [-0.39, 0.29) is 21.9 Å². The summed E-state index contributed by atoms with van der Waals surface area (Å²) < 4.78 is 45.8. The highest BCUT2D eigenvalue weighted by Crippen LogP contribution is 2.47. The van der Waals surface area contributed by atoms with E-state index in [2.05, 4.69) is 0 Å². The zero-order chi connectivity index (χ0) is 27.2. The normalized spacial score (nSPS) is 11.6. The highest BCUT2D eigenvalue weighted by atomic mass is 32.2. The highest BCUT2D eigenvalue weighted by molar-refractivity contribution is 7.90. The maximum atomic E-state index is 14.0. The van der Waals surface area contributed by atoms with Gasteiger partial charge < -0.3 is 14.2 Å². The number of nitrogens with zero attached hydrogens (tertiary/aromatic N) is 2. The van der Waals surface area contributed by atoms with Gasteiger partial charge in [-0.15, -0.1) is 0 Å². The molecular weight excluding hydrogens is 508 g/mol. The molecule has 194 valence electrons. The number of nitro groups is 1. The molecule has 10 heteroatoms. The molecule has 0 saturated heterocycles. The average molecular weight is 533 g/mol. The van der Waals surface area contributed by atoms with Crippen molar-refractivity contribution in [2.45, 2.75) is 11.8 Å². The third-order valence-corrected chi connectivity index (χ3v) is 8.34. The highest BCUT2D eigenvalue weighted by Gasteiger charge is 2.29. The summed E-state index contributed by atoms with van der Waals surface area (Å²) >= 11 is 0. The van der Waals surface area contributed by atoms with E-state index in [1.165, 1.54) is 49.6 Å². The molecule has 0 aliphatic carbocycles. The molecule has 0 atom stereocenters. The van der Waals surface area contributed by atoms with Crippen molar-refractivity contribution in [2.24, 2.45) is 0 Å². The standard InChI is InChI=1S/C28H24N2O7S/c1-17-20(21-15-25(35-2)26(36-3)16-23(21)30(31)32)14-24-27(28(17)37-4)19-12-8-9-13-22(19)29(24)38(33,34)18-10-6-5-7-11-18/h5-16H,1-4H3. The molecule has 5 rings (SSSR count). The lowest BCUT2D eigenvalue weighted by atomic mass is 9.95. The van der Waals surface area contributed by atoms with E-state index in [0.717, 1.165) is 0 Å². The van der Waals surface area contributed by atoms with Gasteiger partial charge in [-0.05, 0) is 48.4 Å². The van der Waals surface area contributed by atoms with Crippen LogP contribution >= 0.6 is 0 Å². The first-order valence-electron chi connectivity index (χ1n) is 11.6. The molecule has 0 spiro atoms. The van der Waals surface area contributed by atoms with E-state index >= 15 is 0 Å². The summed E-state index contributed by atoms with van der Waals surface area (Å²) in [5, 5.41) is 13.4. The van der Waals surface area contributed by atoms with E-state index in [0.29, 0.717) is 44.4 Å². The van der Waals surface area contributed by atoms with Crippen LogP contribution in [0.2, 0.25) is 0 Å². The number of para-hydroxylation sites is 1. The molecule has 0 radical (unpaired) electrons. The summed E-state index contributed by atoms with van der Waals surface area (Å²) in [6.45, 7) is 1.78. The Morgan fingerprint density at radius 1 is 0.789 bits per heavy atom. The van der Waals surface area contributed by atoms with Gasteiger partial charge in [0.25, 0.3) is 15.7 Å². The van der Waals surface area contributed by atoms with Crippen molar-refractivity contribution in [1.29, 1.82) is 0 Å². The van der Waals surface area contributed by atoms with Gasteiger partial charge in [-0.3, -0.25) is 10.1 Å². The van der Waals surface area contributed by atoms with Crippen molar-refractivity contribution in [3.05, 3.63) is 88.5 Å². The summed E-state index contributed by atoms with van der Waals surface area (Å²) in [6.07, 6.45) is 0. The molecule has 38 heavy (non-hydrogen) atoms. The fraction of sp³-hybridized carbons (Fsp3) is 0.143. The molecule has 0 aliphatic rings. The number of nitro benzene ring substituents is 1. The Morgan fingerprint density at radius 2 is 1.42 bits per heavy atom. The fourth-order valence-electron chi connectivity index (χ4n) is 4.88. The second kappa shape index (κ2) is 9.38. The SMILES string of the molecule is COc1cc(-c2cc3c(c(OC)c2C)c2ccccc2n3S(=O)(=O)c2ccccc2)c([N+](=O)[O-])cc1OC. The molecule has 0 N–H and O–H groups in total. The van der Waals surface area contributed by atoms with Gasteiger partial charge in [0.2, 0.25) is 0 Å². The summed E-state index contributed by atoms with van der Waals surface area (Å²) in [5.41, 5.74) is 1.84. The second-order valence-electron chi connectivity index (χ2n) is 8.56. The van der Waals surface area contributed by atoms with Crippen LogP contribution in [0.4, 0.5) is 5.69 Å². The van der Waals surface area contributed by atoms with Crippen molar-refractivity contribution in [1.82, 2.24) is 3.97 Å². The number of ether oxygens (including phenoxy) is 3. The average Bonchev–Trinajstić information content (AvgIpc) is 3.27. The van der Waals surface area contributed by atoms with Crippen LogP contribution in [0.15, 0.2) is 77.7 Å². The molecule has 1 aromatic heterocycles. The van der Waals surface area contributed by atoms with Crippen LogP contribution in [-0.4, -0.2) is 38.6 Å². The van der Waals surface area contributed by atoms with Gasteiger partial charge in [0.1, 0.15) is 5.75 Å². The van der Waals surface area contributed by atoms with Crippen LogP contribution < -0.4 is 14.2 Å². The quantitative estimate of drug-likeness (QED) is 0.188. The smallest absolute Gasteiger partial charge is 0.281 e. The maximum Gasteiger partial charge on any atom is 0.281 e. The lowest BCUT2D eigenvalue weighted by molar-refractivity contribution is -0.384. The Balaban J connectivity index is 1.97. The lowest BCUT2D eigenvalue weighted by Gasteiger charge is -2.16. The van der Waals surface area contributed by atoms with E-state index in [4.69, 9.17) is 14.2 Å². The third-order valence-electron chi connectivity index (χ3n) is 6.59. The van der Waals surface area contributed by atoms with Crippen LogP contribution in [0, 0.1) is 17.0 Å². The molecule has 9 nitrogen and oxygen atoms in total. The molecule has 5 aromatic rings. The van der Waals surface area contributed by atoms with Gasteiger partial charge in [-0.1, -0.05) is 36.4 Å². The number of aromatic nitrogens is 1. The third kappa shape index (κ3) is 3.72. The summed E-state index contributed by atoms with van der Waals surface area (Å²) in [6, 6.07) is 19.7. The van der Waals surface area contributed by atoms with Gasteiger partial charge >= 0.3 is 0 Å². The van der Waals surface area contributed by atoms with E-state index in [9.17, 15) is 18.5 Å². The molecule has 0 bridgehead atoms. The van der Waals surface area contributed by atoms with Crippen molar-refractivity contribution in [3.8, 4) is 28.4 Å². The Bertz CT molecular complexity index is 1830. The molecule has 1 heterocycles. The van der Waals surface area contributed by atoms with Crippen LogP contribution in [0.3, 0.4) is 0 Å². The second-order valence-corrected chi connectivity index (χ2v) is 10.3. The Labute approximate surface area is 219 Å². The molecule has 0 aliphatic heterocycles. The first-order valence-corrected chi connectivity index (χ1v) is 13.0. The molecular formula is C28H24N2O7S. The topological polar surface area (TPSA) is 110 Å². The van der Waals surface area contributed by atoms with E-state index in [1.54, 1.807) is 43.3 Å². The molecule has 0 amide bonds. The van der Waals surface area contributed by atoms with Gasteiger partial charge in [-0.2, -0.15) is 0 Å². The monoisotopic (exact) mass is 532 g/mol. The minimum atomic E-state index is -4.05. The predicted molar refractivity (Wildman–Crippen MR) is 145 cm³/mol. The lowest BCUT2D eigenvalue weighted by Crippen LogP contribution is -2.12. The van der Waals surface area contributed by atoms with Gasteiger partial charge in [0, 0.05) is 5.39 Å². The summed E-state index contributed by atoms with van der Waals surface area (Å²) in [4.78, 5) is 11.7. The van der Waals surface area contributed by atoms with Crippen molar-refractivity contribution >= 4 is 37.5 Å². The largest absolute Gasteiger partial charge is 0.496 e. The Hall–Kier alpha value is -4.57. The predicted octanol–water partition coefficient (Wildman–Crippen LogP) is 5.94. The van der Waals surface area contributed by atoms with Crippen molar-refractivity contribution in [2.75, 3.05) is 21.3 Å². The summed E-state index contributed by atoms with van der Waals surface area (Å²) in [5.74, 6) is 0.915. The molecule has 0 saturated carbocycles. The molecule has 4 aromatic carbocycles. The zero-order valence-corrected chi connectivity index (χ0v) is 21.9. The van der Waals surface area contributed by atoms with Gasteiger partial charge in [0.15, 0.2) is 11.5 Å². The van der Waals surface area contributed by atoms with Crippen LogP contribution in [0.25, 0.3) is 32.9 Å². The van der Waals surface area contributed by atoms with Crippen LogP contribution in [-0.2, 0) is 10.0 Å². The van der Waals surface area contributed by atoms with Crippen LogP contribution in [0.1, 0.15) is 5.56 Å². The molecule has 0 fully saturated rings. The van der Waals surface area contributed by atoms with Crippen molar-refractivity contribution in [3.63, 3.8) is 0 Å². The summed E-state index contributed by atoms with van der Waals surface area (Å²) in [7, 11) is 0.276. The number of methoxy groups -OCH3 is 3. The van der Waals surface area contributed by atoms with Crippen LogP contribution in [0.5, 0.6) is 17.2 Å². The number of benzene rings is 4. The van der Waals surface area contributed by atoms with Crippen molar-refractivity contribution < 1.29 is 27.6 Å². The maximum absolute atomic E-state index is 14.0. The Morgan fingerprint density at radius 3 is 2.05 bits per heavy atom. The number of rotatable bonds is 7. The molecule has 0 unspecified atom stereocenters. The van der Waals surface area contributed by atoms with Gasteiger partial charge in [0.05, 0.1) is 59.2 Å². The Kier molecular flexibility index (Phi) is 6.20. The zero-order valence-electron chi connectivity index (χ0n) is 21.1. The van der Waals surface area contributed by atoms with E-state index in [1.807, 2.05) is 12.1 Å². The minimum Gasteiger partial charge on any atom is -0.496 e. The fourth-order valence-corrected chi connectivity index (χ4v) is 6.42. The van der Waals surface area contributed by atoms with E-state index < -0.39 is 14.9 Å².